The Morgan fingerprint density at radius 3 is 2.50 bits per heavy atom. The number of nitrogens with zero attached hydrogens (tertiary/aromatic N) is 2. The number of aromatic nitrogens is 2. The van der Waals surface area contributed by atoms with Crippen LogP contribution in [0.2, 0.25) is 5.02 Å². The predicted molar refractivity (Wildman–Crippen MR) is 92.0 cm³/mol. The van der Waals surface area contributed by atoms with Crippen LogP contribution < -0.4 is 5.43 Å². The van der Waals surface area contributed by atoms with Gasteiger partial charge in [0.15, 0.2) is 0 Å². The van der Waals surface area contributed by atoms with E-state index in [0.717, 1.165) is 11.8 Å². The molecule has 3 rings (SSSR count). The molecule has 1 heterocycles. The first-order valence-corrected chi connectivity index (χ1v) is 7.54. The van der Waals surface area contributed by atoms with Gasteiger partial charge in [-0.3, -0.25) is 4.79 Å². The smallest absolute Gasteiger partial charge is 0.342 e. The molecular formula is C18H13ClN2O3. The van der Waals surface area contributed by atoms with Crippen molar-refractivity contribution in [2.24, 2.45) is 0 Å². The lowest BCUT2D eigenvalue weighted by Gasteiger charge is -2.16. The molecule has 0 bridgehead atoms. The average Bonchev–Trinajstić information content (AvgIpc) is 2.55. The van der Waals surface area contributed by atoms with Gasteiger partial charge in [-0.25, -0.2) is 9.48 Å². The molecule has 0 fully saturated rings. The van der Waals surface area contributed by atoms with Crippen molar-refractivity contribution in [1.29, 1.82) is 0 Å². The maximum Gasteiger partial charge on any atom is 0.342 e. The van der Waals surface area contributed by atoms with Crippen LogP contribution in [0, 0.1) is 6.92 Å². The highest BCUT2D eigenvalue weighted by Gasteiger charge is 2.21. The quantitative estimate of drug-likeness (QED) is 0.791. The van der Waals surface area contributed by atoms with E-state index in [-0.39, 0.29) is 11.3 Å². The Labute approximate surface area is 142 Å². The summed E-state index contributed by atoms with van der Waals surface area (Å²) in [7, 11) is 0. The van der Waals surface area contributed by atoms with Gasteiger partial charge >= 0.3 is 5.97 Å². The number of aryl methyl sites for hydroxylation is 1. The van der Waals surface area contributed by atoms with E-state index < -0.39 is 11.4 Å². The van der Waals surface area contributed by atoms with Gasteiger partial charge in [0.2, 0.25) is 5.43 Å². The highest BCUT2D eigenvalue weighted by Crippen LogP contribution is 2.28. The normalized spacial score (nSPS) is 10.6. The van der Waals surface area contributed by atoms with Crippen molar-refractivity contribution in [1.82, 2.24) is 9.78 Å². The number of carbonyl (C=O) groups is 1. The Kier molecular flexibility index (Phi) is 4.18. The fraction of sp³-hybridized carbons (Fsp3) is 0.0556. The molecule has 0 saturated carbocycles. The number of carboxylic acids is 1. The van der Waals surface area contributed by atoms with E-state index in [1.54, 1.807) is 36.4 Å². The Bertz CT molecular complexity index is 981. The molecular weight excluding hydrogens is 328 g/mol. The minimum atomic E-state index is -1.31. The lowest BCUT2D eigenvalue weighted by Crippen LogP contribution is -2.22. The Balaban J connectivity index is 2.41. The molecule has 1 N–H and O–H groups in total. The minimum absolute atomic E-state index is 0.196. The van der Waals surface area contributed by atoms with Crippen molar-refractivity contribution in [2.45, 2.75) is 6.92 Å². The lowest BCUT2D eigenvalue weighted by atomic mass is 10.1. The molecule has 6 heteroatoms. The van der Waals surface area contributed by atoms with E-state index in [9.17, 15) is 14.7 Å². The van der Waals surface area contributed by atoms with Crippen LogP contribution >= 0.6 is 11.6 Å². The Morgan fingerprint density at radius 1 is 1.17 bits per heavy atom. The Morgan fingerprint density at radius 2 is 1.88 bits per heavy atom. The SMILES string of the molecule is Cc1ccc(-n2ncc(=O)c(C(=O)O)c2-c2ccccc2)c(Cl)c1. The molecule has 0 spiro atoms. The molecule has 120 valence electrons. The van der Waals surface area contributed by atoms with Crippen LogP contribution in [0.5, 0.6) is 0 Å². The number of rotatable bonds is 3. The number of hydrogen-bond acceptors (Lipinski definition) is 3. The standard InChI is InChI=1S/C18H13ClN2O3/c1-11-7-8-14(13(19)9-11)21-17(12-5-3-2-4-6-12)16(18(23)24)15(22)10-20-21/h2-10H,1H3,(H,23,24). The zero-order valence-electron chi connectivity index (χ0n) is 12.7. The van der Waals surface area contributed by atoms with E-state index in [4.69, 9.17) is 11.6 Å². The third-order valence-electron chi connectivity index (χ3n) is 3.58. The maximum atomic E-state index is 12.1. The van der Waals surface area contributed by atoms with E-state index in [2.05, 4.69) is 5.10 Å². The zero-order valence-corrected chi connectivity index (χ0v) is 13.5. The topological polar surface area (TPSA) is 72.2 Å². The van der Waals surface area contributed by atoms with Crippen molar-refractivity contribution in [3.8, 4) is 16.9 Å². The lowest BCUT2D eigenvalue weighted by molar-refractivity contribution is 0.0695. The molecule has 3 aromatic rings. The van der Waals surface area contributed by atoms with Crippen LogP contribution in [0.25, 0.3) is 16.9 Å². The Hall–Kier alpha value is -2.92. The second kappa shape index (κ2) is 6.29. The van der Waals surface area contributed by atoms with Gasteiger partial charge < -0.3 is 5.11 Å². The zero-order chi connectivity index (χ0) is 17.3. The predicted octanol–water partition coefficient (Wildman–Crippen LogP) is 3.56. The fourth-order valence-corrected chi connectivity index (χ4v) is 2.81. The summed E-state index contributed by atoms with van der Waals surface area (Å²) in [5.41, 5.74) is 1.24. The third-order valence-corrected chi connectivity index (χ3v) is 3.88. The van der Waals surface area contributed by atoms with Gasteiger partial charge in [-0.15, -0.1) is 0 Å². The summed E-state index contributed by atoms with van der Waals surface area (Å²) in [5, 5.41) is 14.0. The molecule has 0 saturated heterocycles. The molecule has 5 nitrogen and oxygen atoms in total. The van der Waals surface area contributed by atoms with Crippen LogP contribution in [0.3, 0.4) is 0 Å². The van der Waals surface area contributed by atoms with Gasteiger partial charge in [0.05, 0.1) is 22.6 Å². The molecule has 0 unspecified atom stereocenters. The molecule has 0 amide bonds. The monoisotopic (exact) mass is 340 g/mol. The summed E-state index contributed by atoms with van der Waals surface area (Å²) in [4.78, 5) is 23.8. The first kappa shape index (κ1) is 16.0. The molecule has 0 aliphatic carbocycles. The van der Waals surface area contributed by atoms with Gasteiger partial charge in [0.1, 0.15) is 5.56 Å². The van der Waals surface area contributed by atoms with Crippen LogP contribution in [-0.4, -0.2) is 20.9 Å². The number of hydrogen-bond donors (Lipinski definition) is 1. The van der Waals surface area contributed by atoms with Crippen LogP contribution in [0.1, 0.15) is 15.9 Å². The first-order valence-electron chi connectivity index (χ1n) is 7.16. The van der Waals surface area contributed by atoms with Crippen molar-refractivity contribution in [3.63, 3.8) is 0 Å². The van der Waals surface area contributed by atoms with E-state index in [1.165, 1.54) is 4.68 Å². The fourth-order valence-electron chi connectivity index (χ4n) is 2.49. The maximum absolute atomic E-state index is 12.1. The average molecular weight is 341 g/mol. The second-order valence-corrected chi connectivity index (χ2v) is 5.68. The second-order valence-electron chi connectivity index (χ2n) is 5.27. The van der Waals surface area contributed by atoms with Crippen molar-refractivity contribution >= 4 is 17.6 Å². The van der Waals surface area contributed by atoms with Gasteiger partial charge in [-0.1, -0.05) is 48.0 Å². The number of benzene rings is 2. The number of carboxylic acid groups (broad SMARTS) is 1. The van der Waals surface area contributed by atoms with Crippen LogP contribution in [-0.2, 0) is 0 Å². The molecule has 0 atom stereocenters. The molecule has 0 aliphatic rings. The number of halogens is 1. The molecule has 0 aliphatic heterocycles. The highest BCUT2D eigenvalue weighted by molar-refractivity contribution is 6.32. The minimum Gasteiger partial charge on any atom is -0.477 e. The van der Waals surface area contributed by atoms with Gasteiger partial charge in [0.25, 0.3) is 0 Å². The summed E-state index contributed by atoms with van der Waals surface area (Å²) in [6, 6.07) is 14.1. The molecule has 2 aromatic carbocycles. The molecule has 24 heavy (non-hydrogen) atoms. The highest BCUT2D eigenvalue weighted by atomic mass is 35.5. The van der Waals surface area contributed by atoms with Gasteiger partial charge in [-0.05, 0) is 24.6 Å². The van der Waals surface area contributed by atoms with Gasteiger partial charge in [0, 0.05) is 5.56 Å². The first-order chi connectivity index (χ1) is 11.5. The molecule has 0 radical (unpaired) electrons. The summed E-state index contributed by atoms with van der Waals surface area (Å²) < 4.78 is 1.39. The van der Waals surface area contributed by atoms with Crippen molar-refractivity contribution < 1.29 is 9.90 Å². The van der Waals surface area contributed by atoms with E-state index in [0.29, 0.717) is 16.3 Å². The largest absolute Gasteiger partial charge is 0.477 e. The summed E-state index contributed by atoms with van der Waals surface area (Å²) in [6.45, 7) is 1.90. The summed E-state index contributed by atoms with van der Waals surface area (Å²) >= 11 is 6.31. The third kappa shape index (κ3) is 2.81. The molecule has 1 aromatic heterocycles. The van der Waals surface area contributed by atoms with Crippen LogP contribution in [0.4, 0.5) is 0 Å². The van der Waals surface area contributed by atoms with Crippen LogP contribution in [0.15, 0.2) is 59.5 Å². The van der Waals surface area contributed by atoms with E-state index in [1.807, 2.05) is 19.1 Å². The summed E-state index contributed by atoms with van der Waals surface area (Å²) in [5.74, 6) is -1.31. The summed E-state index contributed by atoms with van der Waals surface area (Å²) in [6.07, 6.45) is 0.992. The van der Waals surface area contributed by atoms with Crippen molar-refractivity contribution in [2.75, 3.05) is 0 Å². The van der Waals surface area contributed by atoms with E-state index >= 15 is 0 Å². The number of aromatic carboxylic acids is 1. The van der Waals surface area contributed by atoms with Crippen molar-refractivity contribution in [3.05, 3.63) is 81.1 Å². The van der Waals surface area contributed by atoms with Gasteiger partial charge in [-0.2, -0.15) is 5.10 Å².